The van der Waals surface area contributed by atoms with Crippen molar-refractivity contribution in [3.05, 3.63) is 75.7 Å². The van der Waals surface area contributed by atoms with Gasteiger partial charge in [0.15, 0.2) is 0 Å². The number of thiophene rings is 1. The van der Waals surface area contributed by atoms with E-state index >= 15 is 0 Å². The Bertz CT molecular complexity index is 1160. The van der Waals surface area contributed by atoms with E-state index in [9.17, 15) is 9.59 Å². The number of amides is 2. The third-order valence-electron chi connectivity index (χ3n) is 5.98. The Hall–Kier alpha value is -2.57. The van der Waals surface area contributed by atoms with Gasteiger partial charge in [-0.1, -0.05) is 24.3 Å². The van der Waals surface area contributed by atoms with E-state index in [-0.39, 0.29) is 11.8 Å². The number of thioether (sulfide) groups is 1. The van der Waals surface area contributed by atoms with Crippen LogP contribution in [0.5, 0.6) is 0 Å². The van der Waals surface area contributed by atoms with E-state index in [0.29, 0.717) is 5.56 Å². The lowest BCUT2D eigenvalue weighted by Crippen LogP contribution is -2.37. The molecule has 0 bridgehead atoms. The number of aryl methyl sites for hydroxylation is 3. The average molecular weight is 449 g/mol. The minimum Gasteiger partial charge on any atom is -0.337 e. The highest BCUT2D eigenvalue weighted by Crippen LogP contribution is 2.39. The molecular formula is C25H24N2O2S2. The first-order valence-electron chi connectivity index (χ1n) is 10.6. The molecule has 1 saturated heterocycles. The van der Waals surface area contributed by atoms with Crippen LogP contribution in [0.15, 0.2) is 48.5 Å². The zero-order chi connectivity index (χ0) is 21.4. The number of carbonyl (C=O) groups excluding carboxylic acids is 2. The van der Waals surface area contributed by atoms with Crippen molar-refractivity contribution >= 4 is 40.6 Å². The second kappa shape index (κ2) is 8.52. The summed E-state index contributed by atoms with van der Waals surface area (Å²) in [5, 5.41) is 3.05. The Kier molecular flexibility index (Phi) is 5.59. The van der Waals surface area contributed by atoms with Crippen LogP contribution in [0, 0.1) is 6.92 Å². The van der Waals surface area contributed by atoms with Gasteiger partial charge in [-0.25, -0.2) is 0 Å². The molecule has 2 aromatic carbocycles. The normalized spacial score (nSPS) is 15.2. The number of carbonyl (C=O) groups is 2. The number of hydrogen-bond donors (Lipinski definition) is 1. The number of nitrogens with zero attached hydrogens (tertiary/aromatic N) is 1. The standard InChI is InChI=1S/C25H24N2O2S2/c1-16-14-19(25(29)27-10-12-30-13-11-27)8-9-21(16)26-24(28)22-15-18-7-6-17-4-2-3-5-20(17)23(18)31-22/h2-5,8-9,14-15H,6-7,10-13H2,1H3,(H,26,28). The predicted molar refractivity (Wildman–Crippen MR) is 130 cm³/mol. The van der Waals surface area contributed by atoms with E-state index < -0.39 is 0 Å². The van der Waals surface area contributed by atoms with Crippen molar-refractivity contribution in [1.82, 2.24) is 4.90 Å². The molecule has 4 nitrogen and oxygen atoms in total. The second-order valence-electron chi connectivity index (χ2n) is 8.01. The summed E-state index contributed by atoms with van der Waals surface area (Å²) in [5.74, 6) is 1.97. The number of fused-ring (bicyclic) bond motifs is 3. The fourth-order valence-corrected chi connectivity index (χ4v) is 6.32. The zero-order valence-electron chi connectivity index (χ0n) is 17.4. The van der Waals surface area contributed by atoms with Crippen molar-refractivity contribution in [2.45, 2.75) is 19.8 Å². The molecule has 1 aliphatic carbocycles. The molecule has 1 fully saturated rings. The molecule has 0 spiro atoms. The first-order chi connectivity index (χ1) is 15.1. The van der Waals surface area contributed by atoms with E-state index in [2.05, 4.69) is 29.6 Å². The van der Waals surface area contributed by atoms with E-state index in [1.54, 1.807) is 11.3 Å². The fourth-order valence-electron chi connectivity index (χ4n) is 4.25. The molecule has 1 aliphatic heterocycles. The molecule has 2 aliphatic rings. The SMILES string of the molecule is Cc1cc(C(=O)N2CCSCC2)ccc1NC(=O)c1cc2c(s1)-c1ccccc1CC2. The number of anilines is 1. The summed E-state index contributed by atoms with van der Waals surface area (Å²) in [6.07, 6.45) is 1.99. The molecule has 158 valence electrons. The molecule has 1 N–H and O–H groups in total. The van der Waals surface area contributed by atoms with Gasteiger partial charge in [0.05, 0.1) is 4.88 Å². The molecule has 2 amide bonds. The minimum atomic E-state index is -0.0906. The summed E-state index contributed by atoms with van der Waals surface area (Å²) in [6, 6.07) is 16.0. The summed E-state index contributed by atoms with van der Waals surface area (Å²) in [5.41, 5.74) is 6.20. The van der Waals surface area contributed by atoms with Crippen LogP contribution >= 0.6 is 23.1 Å². The van der Waals surface area contributed by atoms with Crippen LogP contribution in [-0.4, -0.2) is 41.3 Å². The fraction of sp³-hybridized carbons (Fsp3) is 0.280. The Morgan fingerprint density at radius 2 is 1.74 bits per heavy atom. The number of rotatable bonds is 3. The van der Waals surface area contributed by atoms with Gasteiger partial charge in [0, 0.05) is 40.7 Å². The highest BCUT2D eigenvalue weighted by molar-refractivity contribution is 7.99. The van der Waals surface area contributed by atoms with Crippen molar-refractivity contribution in [2.24, 2.45) is 0 Å². The highest BCUT2D eigenvalue weighted by Gasteiger charge is 2.22. The van der Waals surface area contributed by atoms with E-state index in [4.69, 9.17) is 0 Å². The lowest BCUT2D eigenvalue weighted by atomic mass is 9.91. The number of benzene rings is 2. The van der Waals surface area contributed by atoms with Gasteiger partial charge < -0.3 is 10.2 Å². The third kappa shape index (κ3) is 4.02. The Morgan fingerprint density at radius 1 is 0.968 bits per heavy atom. The largest absolute Gasteiger partial charge is 0.337 e. The minimum absolute atomic E-state index is 0.0749. The lowest BCUT2D eigenvalue weighted by Gasteiger charge is -2.26. The van der Waals surface area contributed by atoms with Gasteiger partial charge in [-0.05, 0) is 66.3 Å². The Balaban J connectivity index is 1.33. The van der Waals surface area contributed by atoms with Crippen LogP contribution in [0.1, 0.15) is 36.7 Å². The molecule has 1 aromatic heterocycles. The van der Waals surface area contributed by atoms with Gasteiger partial charge in [0.25, 0.3) is 11.8 Å². The van der Waals surface area contributed by atoms with Crippen LogP contribution in [0.3, 0.4) is 0 Å². The summed E-state index contributed by atoms with van der Waals surface area (Å²) >= 11 is 3.45. The molecule has 6 heteroatoms. The van der Waals surface area contributed by atoms with Gasteiger partial charge in [0.2, 0.25) is 0 Å². The predicted octanol–water partition coefficient (Wildman–Crippen LogP) is 5.26. The molecule has 5 rings (SSSR count). The van der Waals surface area contributed by atoms with E-state index in [0.717, 1.165) is 53.6 Å². The first-order valence-corrected chi connectivity index (χ1v) is 12.6. The van der Waals surface area contributed by atoms with E-state index in [1.165, 1.54) is 21.6 Å². The van der Waals surface area contributed by atoms with Crippen LogP contribution in [-0.2, 0) is 12.8 Å². The van der Waals surface area contributed by atoms with E-state index in [1.807, 2.05) is 47.9 Å². The Morgan fingerprint density at radius 3 is 2.55 bits per heavy atom. The molecule has 0 atom stereocenters. The van der Waals surface area contributed by atoms with Crippen molar-refractivity contribution < 1.29 is 9.59 Å². The van der Waals surface area contributed by atoms with Crippen molar-refractivity contribution in [3.63, 3.8) is 0 Å². The van der Waals surface area contributed by atoms with Crippen LogP contribution in [0.4, 0.5) is 5.69 Å². The maximum absolute atomic E-state index is 13.0. The lowest BCUT2D eigenvalue weighted by molar-refractivity contribution is 0.0772. The van der Waals surface area contributed by atoms with Crippen LogP contribution in [0.25, 0.3) is 10.4 Å². The van der Waals surface area contributed by atoms with Gasteiger partial charge >= 0.3 is 0 Å². The van der Waals surface area contributed by atoms with Gasteiger partial charge in [-0.3, -0.25) is 9.59 Å². The molecule has 0 saturated carbocycles. The quantitative estimate of drug-likeness (QED) is 0.594. The zero-order valence-corrected chi connectivity index (χ0v) is 19.1. The monoisotopic (exact) mass is 448 g/mol. The van der Waals surface area contributed by atoms with Gasteiger partial charge in [-0.15, -0.1) is 11.3 Å². The highest BCUT2D eigenvalue weighted by atomic mass is 32.2. The smallest absolute Gasteiger partial charge is 0.265 e. The average Bonchev–Trinajstić information content (AvgIpc) is 3.26. The maximum atomic E-state index is 13.0. The summed E-state index contributed by atoms with van der Waals surface area (Å²) in [6.45, 7) is 3.54. The molecule has 2 heterocycles. The van der Waals surface area contributed by atoms with Gasteiger partial charge in [-0.2, -0.15) is 11.8 Å². The molecular weight excluding hydrogens is 424 g/mol. The van der Waals surface area contributed by atoms with Crippen molar-refractivity contribution in [2.75, 3.05) is 29.9 Å². The second-order valence-corrected chi connectivity index (χ2v) is 10.3. The summed E-state index contributed by atoms with van der Waals surface area (Å²) in [4.78, 5) is 29.6. The number of nitrogens with one attached hydrogen (secondary N) is 1. The first kappa shape index (κ1) is 20.3. The topological polar surface area (TPSA) is 49.4 Å². The van der Waals surface area contributed by atoms with Gasteiger partial charge in [0.1, 0.15) is 0 Å². The molecule has 3 aromatic rings. The third-order valence-corrected chi connectivity index (χ3v) is 8.13. The molecule has 0 radical (unpaired) electrons. The van der Waals surface area contributed by atoms with Crippen molar-refractivity contribution in [3.8, 4) is 10.4 Å². The summed E-state index contributed by atoms with van der Waals surface area (Å²) < 4.78 is 0. The maximum Gasteiger partial charge on any atom is 0.265 e. The number of hydrogen-bond acceptors (Lipinski definition) is 4. The summed E-state index contributed by atoms with van der Waals surface area (Å²) in [7, 11) is 0. The Labute approximate surface area is 190 Å². The molecule has 0 unspecified atom stereocenters. The van der Waals surface area contributed by atoms with Crippen LogP contribution < -0.4 is 5.32 Å². The van der Waals surface area contributed by atoms with Crippen LogP contribution in [0.2, 0.25) is 0 Å². The molecule has 31 heavy (non-hydrogen) atoms. The van der Waals surface area contributed by atoms with Crippen molar-refractivity contribution in [1.29, 1.82) is 0 Å².